The van der Waals surface area contributed by atoms with Gasteiger partial charge in [-0.15, -0.1) is 0 Å². The number of rotatable bonds is 3. The van der Waals surface area contributed by atoms with Crippen molar-refractivity contribution in [2.24, 2.45) is 0 Å². The molecule has 0 radical (unpaired) electrons. The average Bonchev–Trinajstić information content (AvgIpc) is 2.38. The molecule has 0 atom stereocenters. The highest BCUT2D eigenvalue weighted by Gasteiger charge is 2.16. The van der Waals surface area contributed by atoms with Crippen molar-refractivity contribution in [2.75, 3.05) is 7.11 Å². The summed E-state index contributed by atoms with van der Waals surface area (Å²) in [5.74, 6) is -0.588. The third kappa shape index (κ3) is 2.22. The lowest BCUT2D eigenvalue weighted by atomic mass is 10.0. The molecule has 92 valence electrons. The molecule has 0 aliphatic carbocycles. The molecule has 4 heteroatoms. The predicted molar refractivity (Wildman–Crippen MR) is 65.4 cm³/mol. The molecule has 2 aromatic rings. The van der Waals surface area contributed by atoms with Gasteiger partial charge in [0.05, 0.1) is 12.7 Å². The first kappa shape index (κ1) is 12.2. The number of methoxy groups -OCH3 is 1. The lowest BCUT2D eigenvalue weighted by Gasteiger charge is -2.06. The number of carbonyl (C=O) groups is 1. The van der Waals surface area contributed by atoms with Gasteiger partial charge in [-0.05, 0) is 31.2 Å². The normalized spacial score (nSPS) is 10.2. The van der Waals surface area contributed by atoms with Gasteiger partial charge in [-0.3, -0.25) is 9.78 Å². The van der Waals surface area contributed by atoms with Crippen molar-refractivity contribution < 1.29 is 13.9 Å². The zero-order valence-corrected chi connectivity index (χ0v) is 10.1. The minimum atomic E-state index is -0.595. The summed E-state index contributed by atoms with van der Waals surface area (Å²) in [4.78, 5) is 16.2. The molecule has 0 unspecified atom stereocenters. The molecule has 0 bridgehead atoms. The molecule has 0 saturated heterocycles. The molecule has 0 saturated carbocycles. The van der Waals surface area contributed by atoms with Gasteiger partial charge in [0.15, 0.2) is 5.78 Å². The number of pyridine rings is 1. The van der Waals surface area contributed by atoms with Crippen LogP contribution in [-0.4, -0.2) is 17.9 Å². The number of halogens is 1. The molecule has 0 fully saturated rings. The van der Waals surface area contributed by atoms with Crippen molar-refractivity contribution in [3.05, 3.63) is 59.2 Å². The summed E-state index contributed by atoms with van der Waals surface area (Å²) in [5, 5.41) is 0. The van der Waals surface area contributed by atoms with Crippen molar-refractivity contribution in [1.29, 1.82) is 0 Å². The molecule has 18 heavy (non-hydrogen) atoms. The van der Waals surface area contributed by atoms with Gasteiger partial charge in [-0.25, -0.2) is 4.39 Å². The van der Waals surface area contributed by atoms with Crippen LogP contribution in [0, 0.1) is 12.7 Å². The van der Waals surface area contributed by atoms with Crippen LogP contribution < -0.4 is 4.74 Å². The lowest BCUT2D eigenvalue weighted by Crippen LogP contribution is -2.07. The fourth-order valence-electron chi connectivity index (χ4n) is 1.68. The Morgan fingerprint density at radius 2 is 2.06 bits per heavy atom. The molecular weight excluding hydrogens is 233 g/mol. The Balaban J connectivity index is 2.44. The SMILES string of the molecule is COc1ccc(C(=O)c2cccnc2C)c(F)c1. The maximum absolute atomic E-state index is 13.8. The molecule has 3 nitrogen and oxygen atoms in total. The van der Waals surface area contributed by atoms with Crippen molar-refractivity contribution >= 4 is 5.78 Å². The number of hydrogen-bond donors (Lipinski definition) is 0. The fourth-order valence-corrected chi connectivity index (χ4v) is 1.68. The first-order chi connectivity index (χ1) is 8.63. The molecule has 0 aliphatic heterocycles. The number of benzene rings is 1. The van der Waals surface area contributed by atoms with Crippen molar-refractivity contribution in [2.45, 2.75) is 6.92 Å². The Bertz CT molecular complexity index is 596. The highest BCUT2D eigenvalue weighted by atomic mass is 19.1. The summed E-state index contributed by atoms with van der Waals surface area (Å²) in [5.41, 5.74) is 1.01. The Morgan fingerprint density at radius 3 is 2.67 bits per heavy atom. The topological polar surface area (TPSA) is 39.2 Å². The van der Waals surface area contributed by atoms with Crippen LogP contribution in [0.15, 0.2) is 36.5 Å². The molecule has 1 heterocycles. The molecule has 0 N–H and O–H groups in total. The largest absolute Gasteiger partial charge is 0.497 e. The number of carbonyl (C=O) groups excluding carboxylic acids is 1. The number of aryl methyl sites for hydroxylation is 1. The van der Waals surface area contributed by atoms with E-state index in [-0.39, 0.29) is 11.3 Å². The summed E-state index contributed by atoms with van der Waals surface area (Å²) in [6.07, 6.45) is 1.59. The van der Waals surface area contributed by atoms with E-state index in [0.29, 0.717) is 17.0 Å². The summed E-state index contributed by atoms with van der Waals surface area (Å²) in [6.45, 7) is 1.72. The molecule has 1 aromatic heterocycles. The van der Waals surface area contributed by atoms with Crippen molar-refractivity contribution in [1.82, 2.24) is 4.98 Å². The maximum atomic E-state index is 13.8. The van der Waals surface area contributed by atoms with Crippen LogP contribution in [0.1, 0.15) is 21.6 Å². The van der Waals surface area contributed by atoms with Crippen LogP contribution in [0.2, 0.25) is 0 Å². The molecule has 0 amide bonds. The van der Waals surface area contributed by atoms with Gasteiger partial charge in [0.2, 0.25) is 0 Å². The summed E-state index contributed by atoms with van der Waals surface area (Å²) >= 11 is 0. The van der Waals surface area contributed by atoms with Gasteiger partial charge in [-0.2, -0.15) is 0 Å². The van der Waals surface area contributed by atoms with E-state index in [0.717, 1.165) is 0 Å². The Labute approximate surface area is 104 Å². The minimum Gasteiger partial charge on any atom is -0.497 e. The van der Waals surface area contributed by atoms with Gasteiger partial charge < -0.3 is 4.74 Å². The van der Waals surface area contributed by atoms with Crippen LogP contribution in [0.4, 0.5) is 4.39 Å². The van der Waals surface area contributed by atoms with E-state index in [1.54, 1.807) is 31.3 Å². The van der Waals surface area contributed by atoms with Crippen LogP contribution in [-0.2, 0) is 0 Å². The zero-order valence-electron chi connectivity index (χ0n) is 10.1. The fraction of sp³-hybridized carbons (Fsp3) is 0.143. The average molecular weight is 245 g/mol. The molecule has 2 rings (SSSR count). The van der Waals surface area contributed by atoms with E-state index in [1.165, 1.54) is 19.2 Å². The van der Waals surface area contributed by atoms with Gasteiger partial charge in [0.1, 0.15) is 11.6 Å². The van der Waals surface area contributed by atoms with Crippen LogP contribution in [0.25, 0.3) is 0 Å². The Morgan fingerprint density at radius 1 is 1.28 bits per heavy atom. The highest BCUT2D eigenvalue weighted by Crippen LogP contribution is 2.20. The Kier molecular flexibility index (Phi) is 3.37. The minimum absolute atomic E-state index is 0.0203. The third-order valence-electron chi connectivity index (χ3n) is 2.67. The summed E-state index contributed by atoms with van der Waals surface area (Å²) in [7, 11) is 1.45. The summed E-state index contributed by atoms with van der Waals surface area (Å²) < 4.78 is 18.7. The maximum Gasteiger partial charge on any atom is 0.197 e. The predicted octanol–water partition coefficient (Wildman–Crippen LogP) is 2.77. The number of ether oxygens (including phenoxy) is 1. The summed E-state index contributed by atoms with van der Waals surface area (Å²) in [6, 6.07) is 7.46. The first-order valence-corrected chi connectivity index (χ1v) is 5.43. The van der Waals surface area contributed by atoms with E-state index >= 15 is 0 Å². The Hall–Kier alpha value is -2.23. The second kappa shape index (κ2) is 4.96. The van der Waals surface area contributed by atoms with Crippen LogP contribution in [0.5, 0.6) is 5.75 Å². The molecule has 0 spiro atoms. The second-order valence-electron chi connectivity index (χ2n) is 3.81. The number of hydrogen-bond acceptors (Lipinski definition) is 3. The standard InChI is InChI=1S/C14H12FNO2/c1-9-11(4-3-7-16-9)14(17)12-6-5-10(18-2)8-13(12)15/h3-8H,1-2H3. The van der Waals surface area contributed by atoms with Crippen LogP contribution in [0.3, 0.4) is 0 Å². The van der Waals surface area contributed by atoms with E-state index in [4.69, 9.17) is 4.74 Å². The molecular formula is C14H12FNO2. The highest BCUT2D eigenvalue weighted by molar-refractivity contribution is 6.09. The van der Waals surface area contributed by atoms with E-state index in [1.807, 2.05) is 0 Å². The monoisotopic (exact) mass is 245 g/mol. The van der Waals surface area contributed by atoms with Gasteiger partial charge in [0, 0.05) is 23.5 Å². The number of ketones is 1. The quantitative estimate of drug-likeness (QED) is 0.780. The van der Waals surface area contributed by atoms with Gasteiger partial charge >= 0.3 is 0 Å². The smallest absolute Gasteiger partial charge is 0.197 e. The zero-order chi connectivity index (χ0) is 13.1. The van der Waals surface area contributed by atoms with Gasteiger partial charge in [0.25, 0.3) is 0 Å². The van der Waals surface area contributed by atoms with E-state index in [9.17, 15) is 9.18 Å². The van der Waals surface area contributed by atoms with Crippen molar-refractivity contribution in [3.8, 4) is 5.75 Å². The van der Waals surface area contributed by atoms with Crippen LogP contribution >= 0.6 is 0 Å². The number of aromatic nitrogens is 1. The first-order valence-electron chi connectivity index (χ1n) is 5.43. The molecule has 1 aromatic carbocycles. The lowest BCUT2D eigenvalue weighted by molar-refractivity contribution is 0.103. The van der Waals surface area contributed by atoms with E-state index in [2.05, 4.69) is 4.98 Å². The third-order valence-corrected chi connectivity index (χ3v) is 2.67. The van der Waals surface area contributed by atoms with Gasteiger partial charge in [-0.1, -0.05) is 0 Å². The van der Waals surface area contributed by atoms with Crippen molar-refractivity contribution in [3.63, 3.8) is 0 Å². The number of nitrogens with zero attached hydrogens (tertiary/aromatic N) is 1. The molecule has 0 aliphatic rings. The van der Waals surface area contributed by atoms with E-state index < -0.39 is 5.82 Å². The second-order valence-corrected chi connectivity index (χ2v) is 3.81.